The fraction of sp³-hybridized carbons (Fsp3) is 0.769. The molecule has 0 aromatic heterocycles. The number of amides is 2. The monoisotopic (exact) mass is 334 g/mol. The van der Waals surface area contributed by atoms with E-state index in [4.69, 9.17) is 9.84 Å². The highest BCUT2D eigenvalue weighted by Crippen LogP contribution is 2.30. The van der Waals surface area contributed by atoms with Crippen LogP contribution in [0.2, 0.25) is 0 Å². The first kappa shape index (κ1) is 19.3. The summed E-state index contributed by atoms with van der Waals surface area (Å²) >= 11 is 0. The van der Waals surface area contributed by atoms with Gasteiger partial charge in [0, 0.05) is 20.3 Å². The van der Waals surface area contributed by atoms with Gasteiger partial charge in [-0.3, -0.25) is 9.59 Å². The van der Waals surface area contributed by atoms with E-state index in [9.17, 15) is 29.7 Å². The summed E-state index contributed by atoms with van der Waals surface area (Å²) in [6.07, 6.45) is -4.72. The van der Waals surface area contributed by atoms with Gasteiger partial charge in [0.15, 0.2) is 0 Å². The van der Waals surface area contributed by atoms with Crippen LogP contribution in [0.25, 0.3) is 0 Å². The smallest absolute Gasteiger partial charge is 0.364 e. The average molecular weight is 334 g/mol. The molecule has 3 unspecified atom stereocenters. The van der Waals surface area contributed by atoms with E-state index in [1.54, 1.807) is 0 Å². The molecule has 0 aromatic rings. The lowest BCUT2D eigenvalue weighted by Crippen LogP contribution is -2.69. The van der Waals surface area contributed by atoms with Crippen LogP contribution in [0.5, 0.6) is 0 Å². The molecule has 0 radical (unpaired) electrons. The third kappa shape index (κ3) is 4.61. The zero-order valence-corrected chi connectivity index (χ0v) is 13.0. The lowest BCUT2D eigenvalue weighted by Gasteiger charge is -2.45. The Morgan fingerprint density at radius 3 is 2.22 bits per heavy atom. The number of aliphatic hydroxyl groups excluding tert-OH is 2. The Labute approximate surface area is 132 Å². The van der Waals surface area contributed by atoms with Crippen LogP contribution in [0.1, 0.15) is 27.2 Å². The third-order valence-electron chi connectivity index (χ3n) is 3.53. The third-order valence-corrected chi connectivity index (χ3v) is 3.53. The summed E-state index contributed by atoms with van der Waals surface area (Å²) in [5, 5.41) is 43.8. The fourth-order valence-electron chi connectivity index (χ4n) is 2.54. The number of ether oxygens (including phenoxy) is 1. The molecular formula is C13H22N2O8. The van der Waals surface area contributed by atoms with E-state index in [2.05, 4.69) is 10.6 Å². The van der Waals surface area contributed by atoms with Gasteiger partial charge >= 0.3 is 5.97 Å². The quantitative estimate of drug-likeness (QED) is 0.316. The molecule has 6 N–H and O–H groups in total. The molecule has 1 heterocycles. The topological polar surface area (TPSA) is 165 Å². The Kier molecular flexibility index (Phi) is 6.05. The summed E-state index contributed by atoms with van der Waals surface area (Å²) in [6.45, 7) is 3.67. The van der Waals surface area contributed by atoms with Gasteiger partial charge in [0.2, 0.25) is 11.8 Å². The molecular weight excluding hydrogens is 312 g/mol. The van der Waals surface area contributed by atoms with Gasteiger partial charge in [-0.05, 0) is 6.92 Å². The van der Waals surface area contributed by atoms with E-state index in [0.29, 0.717) is 0 Å². The molecule has 10 nitrogen and oxygen atoms in total. The highest BCUT2D eigenvalue weighted by Gasteiger charge is 2.53. The fourth-order valence-corrected chi connectivity index (χ4v) is 2.54. The number of aliphatic carboxylic acids is 1. The van der Waals surface area contributed by atoms with Gasteiger partial charge in [-0.25, -0.2) is 4.79 Å². The number of carboxylic acids is 1. The van der Waals surface area contributed by atoms with Crippen LogP contribution < -0.4 is 10.6 Å². The second-order valence-electron chi connectivity index (χ2n) is 5.64. The molecule has 0 bridgehead atoms. The van der Waals surface area contributed by atoms with Gasteiger partial charge in [-0.2, -0.15) is 0 Å². The molecule has 1 aliphatic heterocycles. The van der Waals surface area contributed by atoms with E-state index in [1.165, 1.54) is 20.8 Å². The molecule has 132 valence electrons. The van der Waals surface area contributed by atoms with Crippen LogP contribution in [0.3, 0.4) is 0 Å². The molecule has 2 amide bonds. The maximum Gasteiger partial charge on any atom is 0.364 e. The molecule has 6 atom stereocenters. The van der Waals surface area contributed by atoms with Crippen molar-refractivity contribution in [1.29, 1.82) is 0 Å². The predicted molar refractivity (Wildman–Crippen MR) is 75.0 cm³/mol. The second-order valence-corrected chi connectivity index (χ2v) is 5.64. The number of aliphatic hydroxyl groups is 3. The first-order valence-electron chi connectivity index (χ1n) is 7.02. The van der Waals surface area contributed by atoms with Crippen molar-refractivity contribution >= 4 is 17.8 Å². The Bertz CT molecular complexity index is 465. The summed E-state index contributed by atoms with van der Waals surface area (Å²) in [5.41, 5.74) is 0. The van der Waals surface area contributed by atoms with E-state index in [1.807, 2.05) is 0 Å². The van der Waals surface area contributed by atoms with E-state index in [-0.39, 0.29) is 0 Å². The molecule has 0 aliphatic carbocycles. The Balaban J connectivity index is 3.21. The van der Waals surface area contributed by atoms with Crippen molar-refractivity contribution in [3.05, 3.63) is 0 Å². The molecule has 0 saturated carbocycles. The van der Waals surface area contributed by atoms with E-state index in [0.717, 1.165) is 0 Å². The maximum absolute atomic E-state index is 11.3. The summed E-state index contributed by atoms with van der Waals surface area (Å²) < 4.78 is 5.15. The lowest BCUT2D eigenvalue weighted by molar-refractivity contribution is -0.283. The highest BCUT2D eigenvalue weighted by molar-refractivity contribution is 5.76. The minimum atomic E-state index is -2.70. The molecule has 1 rings (SSSR count). The minimum absolute atomic E-state index is 0.532. The molecule has 1 saturated heterocycles. The van der Waals surface area contributed by atoms with Crippen molar-refractivity contribution in [3.8, 4) is 0 Å². The summed E-state index contributed by atoms with van der Waals surface area (Å²) in [7, 11) is 0. The number of hydrogen-bond acceptors (Lipinski definition) is 7. The molecule has 1 fully saturated rings. The highest BCUT2D eigenvalue weighted by atomic mass is 16.7. The average Bonchev–Trinajstić information content (AvgIpc) is 2.38. The maximum atomic E-state index is 11.3. The molecule has 0 aromatic carbocycles. The van der Waals surface area contributed by atoms with Crippen LogP contribution in [0.15, 0.2) is 0 Å². The van der Waals surface area contributed by atoms with Gasteiger partial charge in [0.1, 0.15) is 6.10 Å². The molecule has 23 heavy (non-hydrogen) atoms. The largest absolute Gasteiger partial charge is 0.477 e. The van der Waals surface area contributed by atoms with Crippen molar-refractivity contribution in [2.24, 2.45) is 0 Å². The van der Waals surface area contributed by atoms with Crippen molar-refractivity contribution < 1.29 is 39.5 Å². The van der Waals surface area contributed by atoms with Crippen LogP contribution in [0, 0.1) is 0 Å². The van der Waals surface area contributed by atoms with Crippen LogP contribution in [-0.2, 0) is 19.1 Å². The SMILES string of the molecule is CC(=O)NC1C(O)CC(O)(C(=O)O)O[C@H]1[C@@H](NC(C)=O)[C@H](C)O. The molecule has 10 heteroatoms. The summed E-state index contributed by atoms with van der Waals surface area (Å²) in [6, 6.07) is -2.29. The standard InChI is InChI=1S/C13H22N2O8/c1-5(16)9(14-6(2)17)11-10(15-7(3)18)8(19)4-13(22,23-11)12(20)21/h5,8-11,16,19,22H,4H2,1-3H3,(H,14,17)(H,15,18)(H,20,21)/t5-,8?,9-,10?,11-,13?/m0/s1. The zero-order valence-electron chi connectivity index (χ0n) is 13.0. The summed E-state index contributed by atoms with van der Waals surface area (Å²) in [5.74, 6) is -5.50. The first-order valence-corrected chi connectivity index (χ1v) is 7.02. The van der Waals surface area contributed by atoms with Crippen molar-refractivity contribution in [2.45, 2.75) is 63.4 Å². The summed E-state index contributed by atoms with van der Waals surface area (Å²) in [4.78, 5) is 33.8. The minimum Gasteiger partial charge on any atom is -0.477 e. The van der Waals surface area contributed by atoms with E-state index >= 15 is 0 Å². The normalized spacial score (nSPS) is 33.4. The van der Waals surface area contributed by atoms with Gasteiger partial charge in [-0.1, -0.05) is 0 Å². The number of carbonyl (C=O) groups is 3. The molecule has 1 aliphatic rings. The van der Waals surface area contributed by atoms with Gasteiger partial charge in [0.05, 0.1) is 24.3 Å². The number of carboxylic acid groups (broad SMARTS) is 1. The van der Waals surface area contributed by atoms with Crippen molar-refractivity contribution in [1.82, 2.24) is 10.6 Å². The van der Waals surface area contributed by atoms with Crippen molar-refractivity contribution in [2.75, 3.05) is 0 Å². The van der Waals surface area contributed by atoms with Crippen LogP contribution >= 0.6 is 0 Å². The van der Waals surface area contributed by atoms with Crippen molar-refractivity contribution in [3.63, 3.8) is 0 Å². The van der Waals surface area contributed by atoms with Gasteiger partial charge < -0.3 is 35.8 Å². The molecule has 0 spiro atoms. The van der Waals surface area contributed by atoms with E-state index < -0.39 is 60.4 Å². The predicted octanol–water partition coefficient (Wildman–Crippen LogP) is -2.70. The van der Waals surface area contributed by atoms with Gasteiger partial charge in [0.25, 0.3) is 5.79 Å². The van der Waals surface area contributed by atoms with Crippen LogP contribution in [0.4, 0.5) is 0 Å². The Hall–Kier alpha value is -1.75. The lowest BCUT2D eigenvalue weighted by atomic mass is 9.87. The van der Waals surface area contributed by atoms with Gasteiger partial charge in [-0.15, -0.1) is 0 Å². The first-order chi connectivity index (χ1) is 10.5. The second kappa shape index (κ2) is 7.21. The Morgan fingerprint density at radius 2 is 1.83 bits per heavy atom. The zero-order chi connectivity index (χ0) is 17.9. The Morgan fingerprint density at radius 1 is 1.26 bits per heavy atom. The number of nitrogens with one attached hydrogen (secondary N) is 2. The number of carbonyl (C=O) groups excluding carboxylic acids is 2. The van der Waals surface area contributed by atoms with Crippen LogP contribution in [-0.4, -0.2) is 74.4 Å². The number of rotatable bonds is 5. The number of hydrogen-bond donors (Lipinski definition) is 6.